The van der Waals surface area contributed by atoms with Gasteiger partial charge in [0.25, 0.3) is 0 Å². The van der Waals surface area contributed by atoms with E-state index >= 15 is 0 Å². The number of phosphoric acid groups is 1. The fourth-order valence-corrected chi connectivity index (χ4v) is 0.941. The summed E-state index contributed by atoms with van der Waals surface area (Å²) in [6.07, 6.45) is 0. The summed E-state index contributed by atoms with van der Waals surface area (Å²) in [6.45, 7) is 1.34. The molecule has 0 spiro atoms. The van der Waals surface area contributed by atoms with E-state index in [1.165, 1.54) is 6.92 Å². The molecule has 0 aliphatic rings. The fourth-order valence-electron chi connectivity index (χ4n) is 0.245. The summed E-state index contributed by atoms with van der Waals surface area (Å²) in [5, 5.41) is 0. The predicted octanol–water partition coefficient (Wildman–Crippen LogP) is 2.42. The third kappa shape index (κ3) is 4.67. The molecule has 0 radical (unpaired) electrons. The molecule has 11 heavy (non-hydrogen) atoms. The predicted molar refractivity (Wildman–Crippen MR) is 42.3 cm³/mol. The largest absolute Gasteiger partial charge is 0.526 e. The van der Waals surface area contributed by atoms with E-state index in [2.05, 4.69) is 9.05 Å². The van der Waals surface area contributed by atoms with Gasteiger partial charge in [-0.3, -0.25) is 9.42 Å². The molecule has 0 aromatic carbocycles. The van der Waals surface area contributed by atoms with Crippen LogP contribution in [0.1, 0.15) is 6.92 Å². The first-order valence-electron chi connectivity index (χ1n) is 2.49. The first kappa shape index (κ1) is 11.3. The third-order valence-electron chi connectivity index (χ3n) is 0.749. The highest BCUT2D eigenvalue weighted by molar-refractivity contribution is 7.47. The van der Waals surface area contributed by atoms with Crippen molar-refractivity contribution in [3.05, 3.63) is 10.3 Å². The zero-order valence-corrected chi connectivity index (χ0v) is 8.28. The number of hydrogen-bond donors (Lipinski definition) is 1. The van der Waals surface area contributed by atoms with Gasteiger partial charge in [0.2, 0.25) is 0 Å². The number of halogens is 2. The van der Waals surface area contributed by atoms with Gasteiger partial charge in [-0.2, -0.15) is 0 Å². The zero-order valence-electron chi connectivity index (χ0n) is 5.88. The van der Waals surface area contributed by atoms with E-state index in [-0.39, 0.29) is 10.3 Å². The number of rotatable bonds is 3. The Balaban J connectivity index is 4.28. The van der Waals surface area contributed by atoms with Gasteiger partial charge in [-0.1, -0.05) is 23.2 Å². The molecule has 0 aliphatic heterocycles. The molecule has 0 aliphatic carbocycles. The normalized spacial score (nSPS) is 15.4. The van der Waals surface area contributed by atoms with Gasteiger partial charge in [0.15, 0.2) is 0 Å². The van der Waals surface area contributed by atoms with Gasteiger partial charge in [-0.25, -0.2) is 4.57 Å². The van der Waals surface area contributed by atoms with E-state index in [9.17, 15) is 4.57 Å². The molecule has 1 N–H and O–H groups in total. The van der Waals surface area contributed by atoms with Crippen LogP contribution in [0, 0.1) is 0 Å². The van der Waals surface area contributed by atoms with Crippen LogP contribution in [-0.4, -0.2) is 12.0 Å². The SMILES string of the molecule is COP(=O)(O)OC(C)=C(Cl)Cl. The van der Waals surface area contributed by atoms with Gasteiger partial charge in [0.05, 0.1) is 0 Å². The Kier molecular flexibility index (Phi) is 4.44. The zero-order chi connectivity index (χ0) is 9.07. The van der Waals surface area contributed by atoms with Crippen LogP contribution in [0.5, 0.6) is 0 Å². The summed E-state index contributed by atoms with van der Waals surface area (Å²) >= 11 is 10.4. The monoisotopic (exact) mass is 220 g/mol. The van der Waals surface area contributed by atoms with Crippen molar-refractivity contribution in [1.82, 2.24) is 0 Å². The van der Waals surface area contributed by atoms with E-state index in [1.807, 2.05) is 0 Å². The molecule has 4 nitrogen and oxygen atoms in total. The maximum atomic E-state index is 10.7. The number of allylic oxidation sites excluding steroid dienone is 1. The van der Waals surface area contributed by atoms with Gasteiger partial charge in [-0.15, -0.1) is 0 Å². The topological polar surface area (TPSA) is 55.8 Å². The van der Waals surface area contributed by atoms with Crippen LogP contribution in [0.4, 0.5) is 0 Å². The summed E-state index contributed by atoms with van der Waals surface area (Å²) in [5.74, 6) is -0.0546. The minimum absolute atomic E-state index is 0.0546. The highest BCUT2D eigenvalue weighted by Crippen LogP contribution is 2.45. The minimum atomic E-state index is -4.01. The van der Waals surface area contributed by atoms with E-state index in [1.54, 1.807) is 0 Å². The van der Waals surface area contributed by atoms with Crippen LogP contribution < -0.4 is 0 Å². The smallest absolute Gasteiger partial charge is 0.406 e. The Hall–Kier alpha value is 0.270. The van der Waals surface area contributed by atoms with Crippen molar-refractivity contribution in [2.75, 3.05) is 7.11 Å². The first-order chi connectivity index (χ1) is 4.89. The summed E-state index contributed by atoms with van der Waals surface area (Å²) < 4.78 is 18.9. The quantitative estimate of drug-likeness (QED) is 0.587. The van der Waals surface area contributed by atoms with Crippen molar-refractivity contribution in [1.29, 1.82) is 0 Å². The highest BCUT2D eigenvalue weighted by Gasteiger charge is 2.20. The molecule has 0 aromatic rings. The molecule has 0 bridgehead atoms. The molecule has 0 fully saturated rings. The Morgan fingerprint density at radius 1 is 1.55 bits per heavy atom. The molecule has 0 rings (SSSR count). The Morgan fingerprint density at radius 3 is 2.27 bits per heavy atom. The van der Waals surface area contributed by atoms with Crippen molar-refractivity contribution in [3.63, 3.8) is 0 Å². The van der Waals surface area contributed by atoms with Crippen molar-refractivity contribution in [3.8, 4) is 0 Å². The van der Waals surface area contributed by atoms with Gasteiger partial charge in [0.1, 0.15) is 10.3 Å². The summed E-state index contributed by atoms with van der Waals surface area (Å²) in [5.41, 5.74) is 0. The second-order valence-electron chi connectivity index (χ2n) is 1.56. The van der Waals surface area contributed by atoms with Crippen LogP contribution in [0.2, 0.25) is 0 Å². The first-order valence-corrected chi connectivity index (χ1v) is 4.74. The van der Waals surface area contributed by atoms with Crippen molar-refractivity contribution in [2.45, 2.75) is 6.92 Å². The van der Waals surface area contributed by atoms with Crippen molar-refractivity contribution < 1.29 is 18.5 Å². The highest BCUT2D eigenvalue weighted by atomic mass is 35.5. The maximum Gasteiger partial charge on any atom is 0.526 e. The molecule has 0 saturated heterocycles. The Bertz CT molecular complexity index is 210. The van der Waals surface area contributed by atoms with Gasteiger partial charge in [0, 0.05) is 7.11 Å². The Labute approximate surface area is 74.3 Å². The molecular weight excluding hydrogens is 214 g/mol. The third-order valence-corrected chi connectivity index (χ3v) is 2.25. The Morgan fingerprint density at radius 2 is 2.00 bits per heavy atom. The summed E-state index contributed by atoms with van der Waals surface area (Å²) in [7, 11) is -2.97. The van der Waals surface area contributed by atoms with E-state index in [4.69, 9.17) is 28.1 Å². The van der Waals surface area contributed by atoms with Gasteiger partial charge >= 0.3 is 7.82 Å². The van der Waals surface area contributed by atoms with Crippen LogP contribution in [0.25, 0.3) is 0 Å². The summed E-state index contributed by atoms with van der Waals surface area (Å²) in [6, 6.07) is 0. The van der Waals surface area contributed by atoms with Crippen LogP contribution in [0.3, 0.4) is 0 Å². The lowest BCUT2D eigenvalue weighted by Crippen LogP contribution is -1.89. The van der Waals surface area contributed by atoms with E-state index in [0.29, 0.717) is 0 Å². The van der Waals surface area contributed by atoms with Gasteiger partial charge in [-0.05, 0) is 6.92 Å². The molecule has 0 saturated carbocycles. The van der Waals surface area contributed by atoms with Crippen molar-refractivity contribution in [2.24, 2.45) is 0 Å². The number of hydrogen-bond acceptors (Lipinski definition) is 3. The minimum Gasteiger partial charge on any atom is -0.406 e. The lowest BCUT2D eigenvalue weighted by molar-refractivity contribution is 0.210. The second kappa shape index (κ2) is 4.33. The molecule has 1 unspecified atom stereocenters. The fraction of sp³-hybridized carbons (Fsp3) is 0.500. The average molecular weight is 221 g/mol. The molecule has 1 atom stereocenters. The van der Waals surface area contributed by atoms with E-state index in [0.717, 1.165) is 7.11 Å². The molecule has 66 valence electrons. The standard InChI is InChI=1S/C4H7Cl2O4P/c1-3(4(5)6)10-11(7,8)9-2/h1-2H3,(H,7,8). The molecular formula is C4H7Cl2O4P. The maximum absolute atomic E-state index is 10.7. The lowest BCUT2D eigenvalue weighted by Gasteiger charge is -2.09. The van der Waals surface area contributed by atoms with Crippen molar-refractivity contribution >= 4 is 31.0 Å². The van der Waals surface area contributed by atoms with Crippen LogP contribution in [0.15, 0.2) is 10.3 Å². The summed E-state index contributed by atoms with van der Waals surface area (Å²) in [4.78, 5) is 8.70. The molecule has 7 heteroatoms. The average Bonchev–Trinajstić information content (AvgIpc) is 1.87. The van der Waals surface area contributed by atoms with Gasteiger partial charge < -0.3 is 4.52 Å². The number of phosphoric ester groups is 1. The van der Waals surface area contributed by atoms with Crippen LogP contribution in [-0.2, 0) is 13.6 Å². The van der Waals surface area contributed by atoms with Crippen LogP contribution >= 0.6 is 31.0 Å². The molecule has 0 heterocycles. The lowest BCUT2D eigenvalue weighted by atomic mass is 10.7. The molecule has 0 aromatic heterocycles. The second-order valence-corrected chi connectivity index (χ2v) is 3.99. The van der Waals surface area contributed by atoms with E-state index < -0.39 is 7.82 Å². The molecule has 0 amide bonds.